The molecule has 0 amide bonds. The molecule has 0 unspecified atom stereocenters. The van der Waals surface area contributed by atoms with Crippen LogP contribution < -0.4 is 4.74 Å². The largest absolute Gasteiger partial charge is 0.490 e. The smallest absolute Gasteiger partial charge is 0.134 e. The Hall–Kier alpha value is -0.840. The Labute approximate surface area is 130 Å². The number of hydrogen-bond donors (Lipinski definition) is 0. The monoisotopic (exact) mass is 384 g/mol. The Kier molecular flexibility index (Phi) is 5.89. The molecule has 0 heterocycles. The van der Waals surface area contributed by atoms with Gasteiger partial charge in [0.2, 0.25) is 0 Å². The highest BCUT2D eigenvalue weighted by molar-refractivity contribution is 9.11. The van der Waals surface area contributed by atoms with Crippen LogP contribution in [0.3, 0.4) is 0 Å². The maximum absolute atomic E-state index is 5.65. The Morgan fingerprint density at radius 3 is 2.47 bits per heavy atom. The van der Waals surface area contributed by atoms with Crippen molar-refractivity contribution in [2.24, 2.45) is 0 Å². The fourth-order valence-corrected chi connectivity index (χ4v) is 2.26. The van der Waals surface area contributed by atoms with Crippen molar-refractivity contribution in [2.45, 2.75) is 6.61 Å². The maximum Gasteiger partial charge on any atom is 0.134 e. The second-order valence-electron chi connectivity index (χ2n) is 3.96. The van der Waals surface area contributed by atoms with Gasteiger partial charge in [-0.05, 0) is 39.7 Å². The highest BCUT2D eigenvalue weighted by Gasteiger charge is 2.01. The van der Waals surface area contributed by atoms with Crippen LogP contribution in [0.25, 0.3) is 0 Å². The molecule has 4 heteroatoms. The molecule has 100 valence electrons. The first-order valence-corrected chi connectivity index (χ1v) is 7.54. The fraction of sp³-hybridized carbons (Fsp3) is 0.200. The molecule has 0 bridgehead atoms. The summed E-state index contributed by atoms with van der Waals surface area (Å²) in [6, 6.07) is 15.9. The molecular weight excluding hydrogens is 372 g/mol. The lowest BCUT2D eigenvalue weighted by atomic mass is 10.2. The Bertz CT molecular complexity index is 515. The molecule has 0 saturated heterocycles. The van der Waals surface area contributed by atoms with Gasteiger partial charge in [0.05, 0.1) is 17.7 Å². The van der Waals surface area contributed by atoms with Crippen molar-refractivity contribution in [3.8, 4) is 5.75 Å². The highest BCUT2D eigenvalue weighted by atomic mass is 79.9. The van der Waals surface area contributed by atoms with E-state index in [1.807, 2.05) is 48.5 Å². The van der Waals surface area contributed by atoms with Gasteiger partial charge in [0, 0.05) is 4.47 Å². The average molecular weight is 386 g/mol. The third-order valence-corrected chi connectivity index (χ3v) is 3.64. The van der Waals surface area contributed by atoms with Crippen LogP contribution in [0.15, 0.2) is 57.5 Å². The summed E-state index contributed by atoms with van der Waals surface area (Å²) in [5, 5.41) is 0. The first-order valence-electron chi connectivity index (χ1n) is 5.95. The molecule has 0 atom stereocenters. The molecular formula is C15H14Br2O2. The van der Waals surface area contributed by atoms with Gasteiger partial charge in [-0.3, -0.25) is 0 Å². The van der Waals surface area contributed by atoms with Gasteiger partial charge in [-0.1, -0.05) is 46.3 Å². The van der Waals surface area contributed by atoms with Crippen molar-refractivity contribution in [3.05, 3.63) is 63.0 Å². The second kappa shape index (κ2) is 7.68. The lowest BCUT2D eigenvalue weighted by Crippen LogP contribution is -2.07. The summed E-state index contributed by atoms with van der Waals surface area (Å²) in [6.07, 6.45) is 0. The second-order valence-corrected chi connectivity index (χ2v) is 5.73. The highest BCUT2D eigenvalue weighted by Crippen LogP contribution is 2.28. The van der Waals surface area contributed by atoms with E-state index in [0.717, 1.165) is 14.7 Å². The van der Waals surface area contributed by atoms with E-state index in [0.29, 0.717) is 19.8 Å². The average Bonchev–Trinajstić information content (AvgIpc) is 2.43. The molecule has 2 nitrogen and oxygen atoms in total. The Balaban J connectivity index is 1.71. The lowest BCUT2D eigenvalue weighted by Gasteiger charge is -2.09. The third-order valence-electron chi connectivity index (χ3n) is 2.49. The SMILES string of the molecule is Brc1ccc(Br)c(OCCOCc2ccccc2)c1. The van der Waals surface area contributed by atoms with E-state index in [9.17, 15) is 0 Å². The minimum absolute atomic E-state index is 0.530. The summed E-state index contributed by atoms with van der Waals surface area (Å²) in [6.45, 7) is 1.71. The molecule has 0 aromatic heterocycles. The van der Waals surface area contributed by atoms with Gasteiger partial charge in [-0.15, -0.1) is 0 Å². The van der Waals surface area contributed by atoms with Gasteiger partial charge in [0.25, 0.3) is 0 Å². The minimum atomic E-state index is 0.530. The van der Waals surface area contributed by atoms with E-state index < -0.39 is 0 Å². The molecule has 19 heavy (non-hydrogen) atoms. The number of benzene rings is 2. The summed E-state index contributed by atoms with van der Waals surface area (Å²) in [7, 11) is 0. The predicted octanol–water partition coefficient (Wildman–Crippen LogP) is 4.81. The van der Waals surface area contributed by atoms with E-state index in [-0.39, 0.29) is 0 Å². The zero-order valence-electron chi connectivity index (χ0n) is 10.3. The summed E-state index contributed by atoms with van der Waals surface area (Å²) < 4.78 is 13.2. The first kappa shape index (κ1) is 14.6. The van der Waals surface area contributed by atoms with E-state index in [4.69, 9.17) is 9.47 Å². The van der Waals surface area contributed by atoms with Crippen LogP contribution in [0.1, 0.15) is 5.56 Å². The zero-order chi connectivity index (χ0) is 13.5. The van der Waals surface area contributed by atoms with Crippen molar-refractivity contribution in [1.82, 2.24) is 0 Å². The maximum atomic E-state index is 5.65. The fourth-order valence-electron chi connectivity index (χ4n) is 1.56. The van der Waals surface area contributed by atoms with Gasteiger partial charge in [0.1, 0.15) is 12.4 Å². The zero-order valence-corrected chi connectivity index (χ0v) is 13.5. The van der Waals surface area contributed by atoms with Gasteiger partial charge < -0.3 is 9.47 Å². The molecule has 0 saturated carbocycles. The molecule has 0 aliphatic carbocycles. The molecule has 2 rings (SSSR count). The molecule has 0 fully saturated rings. The summed E-state index contributed by atoms with van der Waals surface area (Å²) >= 11 is 6.87. The van der Waals surface area contributed by atoms with Crippen LogP contribution in [-0.4, -0.2) is 13.2 Å². The number of ether oxygens (including phenoxy) is 2. The third kappa shape index (κ3) is 4.97. The van der Waals surface area contributed by atoms with Gasteiger partial charge in [-0.2, -0.15) is 0 Å². The normalized spacial score (nSPS) is 10.4. The Morgan fingerprint density at radius 1 is 0.895 bits per heavy atom. The van der Waals surface area contributed by atoms with E-state index >= 15 is 0 Å². The Morgan fingerprint density at radius 2 is 1.68 bits per heavy atom. The molecule has 2 aromatic carbocycles. The summed E-state index contributed by atoms with van der Waals surface area (Å²) in [5.41, 5.74) is 1.17. The predicted molar refractivity (Wildman–Crippen MR) is 83.4 cm³/mol. The number of halogens is 2. The summed E-state index contributed by atoms with van der Waals surface area (Å²) in [5.74, 6) is 0.817. The van der Waals surface area contributed by atoms with Crippen molar-refractivity contribution in [2.75, 3.05) is 13.2 Å². The van der Waals surface area contributed by atoms with E-state index in [1.54, 1.807) is 0 Å². The van der Waals surface area contributed by atoms with Crippen LogP contribution in [0.2, 0.25) is 0 Å². The number of rotatable bonds is 6. The molecule has 0 spiro atoms. The van der Waals surface area contributed by atoms with Gasteiger partial charge in [0.15, 0.2) is 0 Å². The van der Waals surface area contributed by atoms with Crippen molar-refractivity contribution in [3.63, 3.8) is 0 Å². The van der Waals surface area contributed by atoms with E-state index in [1.165, 1.54) is 5.56 Å². The van der Waals surface area contributed by atoms with Crippen molar-refractivity contribution in [1.29, 1.82) is 0 Å². The number of hydrogen-bond acceptors (Lipinski definition) is 2. The standard InChI is InChI=1S/C15H14Br2O2/c16-13-6-7-14(17)15(10-13)19-9-8-18-11-12-4-2-1-3-5-12/h1-7,10H,8-9,11H2. The van der Waals surface area contributed by atoms with Crippen LogP contribution in [0, 0.1) is 0 Å². The van der Waals surface area contributed by atoms with Crippen molar-refractivity contribution >= 4 is 31.9 Å². The van der Waals surface area contributed by atoms with Gasteiger partial charge in [-0.25, -0.2) is 0 Å². The quantitative estimate of drug-likeness (QED) is 0.664. The molecule has 0 N–H and O–H groups in total. The molecule has 2 aromatic rings. The first-order chi connectivity index (χ1) is 9.25. The molecule has 0 aliphatic rings. The van der Waals surface area contributed by atoms with Crippen LogP contribution in [0.5, 0.6) is 5.75 Å². The summed E-state index contributed by atoms with van der Waals surface area (Å²) in [4.78, 5) is 0. The van der Waals surface area contributed by atoms with Crippen LogP contribution in [-0.2, 0) is 11.3 Å². The van der Waals surface area contributed by atoms with Crippen molar-refractivity contribution < 1.29 is 9.47 Å². The van der Waals surface area contributed by atoms with E-state index in [2.05, 4.69) is 31.9 Å². The topological polar surface area (TPSA) is 18.5 Å². The van der Waals surface area contributed by atoms with Crippen LogP contribution in [0.4, 0.5) is 0 Å². The van der Waals surface area contributed by atoms with Gasteiger partial charge >= 0.3 is 0 Å². The lowest BCUT2D eigenvalue weighted by molar-refractivity contribution is 0.0887. The molecule has 0 aliphatic heterocycles. The molecule has 0 radical (unpaired) electrons. The minimum Gasteiger partial charge on any atom is -0.490 e. The van der Waals surface area contributed by atoms with Crippen LogP contribution >= 0.6 is 31.9 Å².